The SMILES string of the molecule is Cc1ccc(-c2ccccc2)cc1.Cc1ccc(-c2ccccc2)cc1.NN.Nc1cccc2c1Oc1ccccc1C21c2ccccc2-n2c3ccccc3c3cccc1c32. The van der Waals surface area contributed by atoms with E-state index in [1.165, 1.54) is 72.0 Å². The van der Waals surface area contributed by atoms with Crippen LogP contribution in [0.1, 0.15) is 33.4 Å². The second-order valence-electron chi connectivity index (χ2n) is 15.6. The molecule has 0 saturated heterocycles. The fraction of sp³-hybridized carbons (Fsp3) is 0.0526. The van der Waals surface area contributed by atoms with Crippen LogP contribution in [-0.4, -0.2) is 4.57 Å². The summed E-state index contributed by atoms with van der Waals surface area (Å²) in [4.78, 5) is 0. The Morgan fingerprint density at radius 1 is 0.403 bits per heavy atom. The third-order valence-corrected chi connectivity index (χ3v) is 11.9. The van der Waals surface area contributed by atoms with Gasteiger partial charge in [-0.15, -0.1) is 0 Å². The minimum atomic E-state index is -0.542. The van der Waals surface area contributed by atoms with Crippen LogP contribution in [0.15, 0.2) is 218 Å². The Kier molecular flexibility index (Phi) is 11.0. The average molecular weight is 805 g/mol. The van der Waals surface area contributed by atoms with Crippen molar-refractivity contribution in [1.29, 1.82) is 0 Å². The fourth-order valence-corrected chi connectivity index (χ4v) is 9.12. The highest BCUT2D eigenvalue weighted by Gasteiger charge is 2.50. The van der Waals surface area contributed by atoms with Crippen LogP contribution in [0.25, 0.3) is 49.7 Å². The molecule has 1 aromatic heterocycles. The molecule has 0 radical (unpaired) electrons. The number of hydrogen-bond donors (Lipinski definition) is 3. The number of nitrogen functional groups attached to an aromatic ring is 1. The van der Waals surface area contributed by atoms with E-state index < -0.39 is 5.41 Å². The highest BCUT2D eigenvalue weighted by atomic mass is 16.5. The summed E-state index contributed by atoms with van der Waals surface area (Å²) in [5, 5.41) is 2.52. The van der Waals surface area contributed by atoms with E-state index in [9.17, 15) is 0 Å². The van der Waals surface area contributed by atoms with E-state index in [1.54, 1.807) is 0 Å². The van der Waals surface area contributed by atoms with Crippen molar-refractivity contribution in [2.24, 2.45) is 11.7 Å². The molecule has 6 N–H and O–H groups in total. The van der Waals surface area contributed by atoms with Crippen LogP contribution >= 0.6 is 0 Å². The third kappa shape index (κ3) is 6.89. The van der Waals surface area contributed by atoms with Crippen molar-refractivity contribution in [3.05, 3.63) is 252 Å². The van der Waals surface area contributed by atoms with Crippen LogP contribution in [0.5, 0.6) is 11.5 Å². The van der Waals surface area contributed by atoms with Crippen molar-refractivity contribution in [2.75, 3.05) is 5.73 Å². The van der Waals surface area contributed by atoms with Gasteiger partial charge in [0.15, 0.2) is 5.75 Å². The first-order valence-electron chi connectivity index (χ1n) is 20.9. The number of fused-ring (bicyclic) bond motifs is 11. The number of nitrogens with two attached hydrogens (primary N) is 3. The Hall–Kier alpha value is -7.70. The van der Waals surface area contributed by atoms with Crippen molar-refractivity contribution < 1.29 is 4.74 Å². The monoisotopic (exact) mass is 804 g/mol. The summed E-state index contributed by atoms with van der Waals surface area (Å²) in [5.41, 5.74) is 22.8. The minimum Gasteiger partial charge on any atom is -0.455 e. The maximum atomic E-state index is 6.53. The van der Waals surface area contributed by atoms with Crippen molar-refractivity contribution in [1.82, 2.24) is 4.57 Å². The van der Waals surface area contributed by atoms with Crippen molar-refractivity contribution >= 4 is 27.5 Å². The zero-order valence-corrected chi connectivity index (χ0v) is 34.9. The number of anilines is 1. The summed E-state index contributed by atoms with van der Waals surface area (Å²) in [5.74, 6) is 9.60. The van der Waals surface area contributed by atoms with Crippen LogP contribution in [-0.2, 0) is 5.41 Å². The van der Waals surface area contributed by atoms with Crippen LogP contribution in [0, 0.1) is 13.8 Å². The molecule has 9 aromatic carbocycles. The molecule has 0 aliphatic carbocycles. The lowest BCUT2D eigenvalue weighted by molar-refractivity contribution is 0.436. The standard InChI is InChI=1S/C31H20N2O.2C13H12.H4N2/c32-25-15-8-14-24-30(25)34-28-18-6-3-12-22(28)31(24)21-11-2-5-17-27(21)33-26-16-4-1-9-19(26)20-10-7-13-23(31)29(20)33;2*1-11-7-9-13(10-8-11)12-5-3-2-4-6-12;1-2/h1-18H,32H2;2*2-10H,1H3;1-2H2. The third-order valence-electron chi connectivity index (χ3n) is 11.9. The Balaban J connectivity index is 0.000000144. The van der Waals surface area contributed by atoms with Gasteiger partial charge in [-0.05, 0) is 71.5 Å². The topological polar surface area (TPSA) is 92.2 Å². The Bertz CT molecular complexity index is 3060. The molecule has 1 unspecified atom stereocenters. The first-order chi connectivity index (χ1) is 30.5. The van der Waals surface area contributed by atoms with Gasteiger partial charge in [-0.3, -0.25) is 11.7 Å². The van der Waals surface area contributed by atoms with Gasteiger partial charge in [0.2, 0.25) is 0 Å². The Morgan fingerprint density at radius 2 is 0.871 bits per heavy atom. The molecule has 2 aliphatic heterocycles. The maximum Gasteiger partial charge on any atom is 0.155 e. The van der Waals surface area contributed by atoms with Crippen molar-refractivity contribution in [3.63, 3.8) is 0 Å². The van der Waals surface area contributed by atoms with E-state index in [1.807, 2.05) is 30.3 Å². The number of benzene rings is 9. The molecule has 0 saturated carbocycles. The van der Waals surface area contributed by atoms with Gasteiger partial charge in [0.05, 0.1) is 27.8 Å². The molecule has 2 aliphatic rings. The number of hydrogen-bond acceptors (Lipinski definition) is 4. The van der Waals surface area contributed by atoms with Gasteiger partial charge in [0.1, 0.15) is 5.75 Å². The van der Waals surface area contributed by atoms with Gasteiger partial charge < -0.3 is 15.0 Å². The summed E-state index contributed by atoms with van der Waals surface area (Å²) >= 11 is 0. The molecule has 10 aromatic rings. The van der Waals surface area contributed by atoms with E-state index in [-0.39, 0.29) is 0 Å². The first-order valence-corrected chi connectivity index (χ1v) is 20.9. The molecule has 0 bridgehead atoms. The highest BCUT2D eigenvalue weighted by molar-refractivity contribution is 6.12. The second kappa shape index (κ2) is 17.1. The molecule has 62 heavy (non-hydrogen) atoms. The van der Waals surface area contributed by atoms with E-state index in [2.05, 4.69) is 218 Å². The summed E-state index contributed by atoms with van der Waals surface area (Å²) < 4.78 is 8.90. The molecular formula is C57H48N4O. The van der Waals surface area contributed by atoms with Gasteiger partial charge >= 0.3 is 0 Å². The van der Waals surface area contributed by atoms with Gasteiger partial charge in [0, 0.05) is 21.9 Å². The predicted molar refractivity (Wildman–Crippen MR) is 259 cm³/mol. The summed E-state index contributed by atoms with van der Waals surface area (Å²) in [6.45, 7) is 4.21. The largest absolute Gasteiger partial charge is 0.455 e. The molecule has 1 atom stereocenters. The number of hydrazine groups is 1. The quantitative estimate of drug-likeness (QED) is 0.0922. The molecular weight excluding hydrogens is 757 g/mol. The van der Waals surface area contributed by atoms with Gasteiger partial charge in [-0.1, -0.05) is 205 Å². The summed E-state index contributed by atoms with van der Waals surface area (Å²) in [6, 6.07) is 76.8. The number of aromatic nitrogens is 1. The Morgan fingerprint density at radius 3 is 1.52 bits per heavy atom. The first kappa shape index (κ1) is 39.7. The lowest BCUT2D eigenvalue weighted by Crippen LogP contribution is -2.38. The predicted octanol–water partition coefficient (Wildman–Crippen LogP) is 13.3. The number of para-hydroxylation sites is 5. The molecule has 5 nitrogen and oxygen atoms in total. The maximum absolute atomic E-state index is 6.53. The van der Waals surface area contributed by atoms with Crippen LogP contribution in [0.2, 0.25) is 0 Å². The molecule has 1 spiro atoms. The minimum absolute atomic E-state index is 0.542. The van der Waals surface area contributed by atoms with Gasteiger partial charge in [-0.25, -0.2) is 0 Å². The molecule has 0 amide bonds. The molecule has 12 rings (SSSR count). The van der Waals surface area contributed by atoms with E-state index >= 15 is 0 Å². The zero-order valence-electron chi connectivity index (χ0n) is 34.9. The fourth-order valence-electron chi connectivity index (χ4n) is 9.12. The van der Waals surface area contributed by atoms with E-state index in [0.29, 0.717) is 5.69 Å². The normalized spacial score (nSPS) is 13.7. The van der Waals surface area contributed by atoms with Crippen LogP contribution in [0.3, 0.4) is 0 Å². The second-order valence-corrected chi connectivity index (χ2v) is 15.6. The van der Waals surface area contributed by atoms with Crippen molar-refractivity contribution in [3.8, 4) is 39.4 Å². The molecule has 3 heterocycles. The van der Waals surface area contributed by atoms with Gasteiger partial charge in [0.25, 0.3) is 0 Å². The van der Waals surface area contributed by atoms with Crippen molar-refractivity contribution in [2.45, 2.75) is 19.3 Å². The number of ether oxygens (including phenoxy) is 1. The van der Waals surface area contributed by atoms with E-state index in [4.69, 9.17) is 10.5 Å². The Labute approximate surface area is 363 Å². The number of nitrogens with zero attached hydrogens (tertiary/aromatic N) is 1. The average Bonchev–Trinajstić information content (AvgIpc) is 3.68. The lowest BCUT2D eigenvalue weighted by Gasteiger charge is -2.45. The number of rotatable bonds is 2. The van der Waals surface area contributed by atoms with Gasteiger partial charge in [-0.2, -0.15) is 0 Å². The molecule has 302 valence electrons. The molecule has 5 heteroatoms. The van der Waals surface area contributed by atoms with Crippen LogP contribution < -0.4 is 22.2 Å². The zero-order chi connectivity index (χ0) is 42.6. The summed E-state index contributed by atoms with van der Waals surface area (Å²) in [7, 11) is 0. The van der Waals surface area contributed by atoms with E-state index in [0.717, 1.165) is 22.6 Å². The summed E-state index contributed by atoms with van der Waals surface area (Å²) in [6.07, 6.45) is 0. The number of aryl methyl sites for hydroxylation is 2. The highest BCUT2D eigenvalue weighted by Crippen LogP contribution is 2.61. The lowest BCUT2D eigenvalue weighted by atomic mass is 9.61. The smallest absolute Gasteiger partial charge is 0.155 e. The molecule has 0 fully saturated rings. The van der Waals surface area contributed by atoms with Crippen LogP contribution in [0.4, 0.5) is 5.69 Å².